The minimum absolute atomic E-state index is 0.0336. The maximum Gasteiger partial charge on any atom is 0.150 e. The van der Waals surface area contributed by atoms with Crippen LogP contribution in [0.15, 0.2) is 24.4 Å². The van der Waals surface area contributed by atoms with Gasteiger partial charge in [0.1, 0.15) is 12.0 Å². The van der Waals surface area contributed by atoms with Crippen molar-refractivity contribution in [1.82, 2.24) is 4.98 Å². The molecule has 0 spiro atoms. The first kappa shape index (κ1) is 10.3. The van der Waals surface area contributed by atoms with Gasteiger partial charge in [-0.3, -0.25) is 9.78 Å². The Morgan fingerprint density at radius 2 is 2.33 bits per heavy atom. The molecule has 3 atom stereocenters. The molecule has 0 radical (unpaired) electrons. The number of aromatic nitrogens is 1. The SMILES string of the molecule is CC(C(=O)C1(C)CC1F)c1ccccn1. The Morgan fingerprint density at radius 3 is 2.80 bits per heavy atom. The lowest BCUT2D eigenvalue weighted by atomic mass is 9.90. The summed E-state index contributed by atoms with van der Waals surface area (Å²) < 4.78 is 13.0. The summed E-state index contributed by atoms with van der Waals surface area (Å²) in [5.74, 6) is -0.342. The molecule has 1 aliphatic rings. The van der Waals surface area contributed by atoms with E-state index in [4.69, 9.17) is 0 Å². The zero-order valence-electron chi connectivity index (χ0n) is 8.90. The Morgan fingerprint density at radius 1 is 1.67 bits per heavy atom. The average Bonchev–Trinajstić information content (AvgIpc) is 2.87. The van der Waals surface area contributed by atoms with Gasteiger partial charge < -0.3 is 0 Å². The van der Waals surface area contributed by atoms with Crippen molar-refractivity contribution < 1.29 is 9.18 Å². The lowest BCUT2D eigenvalue weighted by molar-refractivity contribution is -0.125. The molecule has 1 fully saturated rings. The summed E-state index contributed by atoms with van der Waals surface area (Å²) in [4.78, 5) is 16.1. The Balaban J connectivity index is 2.16. The van der Waals surface area contributed by atoms with Gasteiger partial charge in [0.15, 0.2) is 0 Å². The molecule has 0 amide bonds. The summed E-state index contributed by atoms with van der Waals surface area (Å²) in [6.07, 6.45) is 1.06. The Labute approximate surface area is 88.5 Å². The van der Waals surface area contributed by atoms with E-state index in [2.05, 4.69) is 4.98 Å². The first-order valence-electron chi connectivity index (χ1n) is 5.15. The predicted molar refractivity (Wildman–Crippen MR) is 55.3 cm³/mol. The number of rotatable bonds is 3. The van der Waals surface area contributed by atoms with E-state index < -0.39 is 11.6 Å². The molecule has 3 unspecified atom stereocenters. The summed E-state index contributed by atoms with van der Waals surface area (Å²) >= 11 is 0. The third kappa shape index (κ3) is 1.66. The van der Waals surface area contributed by atoms with Crippen molar-refractivity contribution in [2.45, 2.75) is 32.4 Å². The van der Waals surface area contributed by atoms with E-state index in [9.17, 15) is 9.18 Å². The number of ketones is 1. The van der Waals surface area contributed by atoms with Crippen LogP contribution in [-0.4, -0.2) is 16.9 Å². The molecule has 0 aromatic carbocycles. The van der Waals surface area contributed by atoms with Gasteiger partial charge in [-0.1, -0.05) is 6.07 Å². The van der Waals surface area contributed by atoms with Gasteiger partial charge in [-0.05, 0) is 32.4 Å². The van der Waals surface area contributed by atoms with Crippen molar-refractivity contribution in [3.05, 3.63) is 30.1 Å². The van der Waals surface area contributed by atoms with Crippen LogP contribution < -0.4 is 0 Å². The molecule has 3 heteroatoms. The van der Waals surface area contributed by atoms with Crippen molar-refractivity contribution in [2.75, 3.05) is 0 Å². The normalized spacial score (nSPS) is 31.0. The molecule has 2 nitrogen and oxygen atoms in total. The van der Waals surface area contributed by atoms with Gasteiger partial charge >= 0.3 is 0 Å². The lowest BCUT2D eigenvalue weighted by Gasteiger charge is -2.14. The molecule has 2 rings (SSSR count). The van der Waals surface area contributed by atoms with Crippen LogP contribution in [0, 0.1) is 5.41 Å². The quantitative estimate of drug-likeness (QED) is 0.762. The number of nitrogens with zero attached hydrogens (tertiary/aromatic N) is 1. The molecular weight excluding hydrogens is 193 g/mol. The standard InChI is InChI=1S/C12H14FNO/c1-8(9-5-3-4-6-14-9)11(15)12(2)7-10(12)13/h3-6,8,10H,7H2,1-2H3. The maximum absolute atomic E-state index is 13.0. The van der Waals surface area contributed by atoms with Crippen molar-refractivity contribution in [3.8, 4) is 0 Å². The van der Waals surface area contributed by atoms with Crippen LogP contribution in [-0.2, 0) is 4.79 Å². The minimum Gasteiger partial charge on any atom is -0.298 e. The molecule has 0 saturated heterocycles. The van der Waals surface area contributed by atoms with E-state index in [1.807, 2.05) is 12.1 Å². The second-order valence-electron chi connectivity index (χ2n) is 4.43. The van der Waals surface area contributed by atoms with Gasteiger partial charge in [0.2, 0.25) is 0 Å². The molecule has 1 saturated carbocycles. The highest BCUT2D eigenvalue weighted by Crippen LogP contribution is 2.51. The van der Waals surface area contributed by atoms with E-state index >= 15 is 0 Å². The topological polar surface area (TPSA) is 30.0 Å². The number of alkyl halides is 1. The maximum atomic E-state index is 13.0. The third-order valence-corrected chi connectivity index (χ3v) is 3.22. The molecule has 1 aromatic heterocycles. The van der Waals surface area contributed by atoms with Crippen molar-refractivity contribution >= 4 is 5.78 Å². The molecule has 0 N–H and O–H groups in total. The Bertz CT molecular complexity index is 378. The fourth-order valence-corrected chi connectivity index (χ4v) is 1.83. The largest absolute Gasteiger partial charge is 0.298 e. The smallest absolute Gasteiger partial charge is 0.150 e. The summed E-state index contributed by atoms with van der Waals surface area (Å²) in [7, 11) is 0. The number of halogens is 1. The van der Waals surface area contributed by atoms with Crippen LogP contribution in [0.3, 0.4) is 0 Å². The van der Waals surface area contributed by atoms with Crippen LogP contribution in [0.5, 0.6) is 0 Å². The number of hydrogen-bond acceptors (Lipinski definition) is 2. The van der Waals surface area contributed by atoms with E-state index in [1.54, 1.807) is 26.1 Å². The zero-order valence-corrected chi connectivity index (χ0v) is 8.90. The van der Waals surface area contributed by atoms with E-state index in [0.29, 0.717) is 6.42 Å². The van der Waals surface area contributed by atoms with Gasteiger partial charge in [-0.2, -0.15) is 0 Å². The molecule has 1 aliphatic carbocycles. The van der Waals surface area contributed by atoms with Crippen LogP contribution in [0.2, 0.25) is 0 Å². The van der Waals surface area contributed by atoms with Crippen LogP contribution >= 0.6 is 0 Å². The van der Waals surface area contributed by atoms with E-state index in [0.717, 1.165) is 5.69 Å². The first-order chi connectivity index (χ1) is 7.05. The van der Waals surface area contributed by atoms with Crippen molar-refractivity contribution in [2.24, 2.45) is 5.41 Å². The van der Waals surface area contributed by atoms with Gasteiger partial charge in [0.05, 0.1) is 17.0 Å². The highest BCUT2D eigenvalue weighted by molar-refractivity contribution is 5.93. The monoisotopic (exact) mass is 207 g/mol. The molecule has 15 heavy (non-hydrogen) atoms. The van der Waals surface area contributed by atoms with Gasteiger partial charge in [0, 0.05) is 6.20 Å². The number of pyridine rings is 1. The fraction of sp³-hybridized carbons (Fsp3) is 0.500. The van der Waals surface area contributed by atoms with Crippen LogP contribution in [0.4, 0.5) is 4.39 Å². The fourth-order valence-electron chi connectivity index (χ4n) is 1.83. The summed E-state index contributed by atoms with van der Waals surface area (Å²) in [5.41, 5.74) is -0.0282. The molecule has 0 aliphatic heterocycles. The highest BCUT2D eigenvalue weighted by Gasteiger charge is 2.57. The first-order valence-corrected chi connectivity index (χ1v) is 5.15. The van der Waals surface area contributed by atoms with E-state index in [-0.39, 0.29) is 11.7 Å². The van der Waals surface area contributed by atoms with Crippen LogP contribution in [0.25, 0.3) is 0 Å². The summed E-state index contributed by atoms with van der Waals surface area (Å²) in [6, 6.07) is 5.45. The Hall–Kier alpha value is -1.25. The number of carbonyl (C=O) groups is 1. The van der Waals surface area contributed by atoms with Gasteiger partial charge in [-0.25, -0.2) is 4.39 Å². The van der Waals surface area contributed by atoms with E-state index in [1.165, 1.54) is 0 Å². The second kappa shape index (κ2) is 3.40. The number of carbonyl (C=O) groups excluding carboxylic acids is 1. The lowest BCUT2D eigenvalue weighted by Crippen LogP contribution is -2.21. The third-order valence-electron chi connectivity index (χ3n) is 3.22. The van der Waals surface area contributed by atoms with Crippen molar-refractivity contribution in [1.29, 1.82) is 0 Å². The second-order valence-corrected chi connectivity index (χ2v) is 4.43. The minimum atomic E-state index is -0.962. The summed E-state index contributed by atoms with van der Waals surface area (Å²) in [6.45, 7) is 3.49. The zero-order chi connectivity index (χ0) is 11.1. The number of Topliss-reactive ketones (excluding diaryl/α,β-unsaturated/α-hetero) is 1. The predicted octanol–water partition coefficient (Wildman–Crippen LogP) is 2.50. The Kier molecular flexibility index (Phi) is 2.33. The average molecular weight is 207 g/mol. The molecule has 1 heterocycles. The highest BCUT2D eigenvalue weighted by atomic mass is 19.1. The molecule has 80 valence electrons. The molecular formula is C12H14FNO. The number of hydrogen-bond donors (Lipinski definition) is 0. The molecule has 1 aromatic rings. The van der Waals surface area contributed by atoms with Crippen LogP contribution in [0.1, 0.15) is 31.9 Å². The van der Waals surface area contributed by atoms with Gasteiger partial charge in [0.25, 0.3) is 0 Å². The summed E-state index contributed by atoms with van der Waals surface area (Å²) in [5, 5.41) is 0. The molecule has 0 bridgehead atoms. The van der Waals surface area contributed by atoms with Gasteiger partial charge in [-0.15, -0.1) is 0 Å². The van der Waals surface area contributed by atoms with Crippen molar-refractivity contribution in [3.63, 3.8) is 0 Å².